The Kier molecular flexibility index (Phi) is 5.21. The van der Waals surface area contributed by atoms with E-state index in [1.807, 2.05) is 13.8 Å². The van der Waals surface area contributed by atoms with Crippen molar-refractivity contribution in [3.8, 4) is 22.3 Å². The number of hydrogen-bond acceptors (Lipinski definition) is 2. The minimum absolute atomic E-state index is 0.374. The molecule has 4 aromatic carbocycles. The highest BCUT2D eigenvalue weighted by Gasteiger charge is 2.53. The molecular formula is C33H32O2. The molecule has 0 aromatic heterocycles. The molecule has 0 fully saturated rings. The van der Waals surface area contributed by atoms with Crippen molar-refractivity contribution in [1.29, 1.82) is 0 Å². The van der Waals surface area contributed by atoms with Crippen LogP contribution in [0.3, 0.4) is 0 Å². The van der Waals surface area contributed by atoms with Gasteiger partial charge in [0.05, 0.1) is 12.2 Å². The number of rotatable bonds is 6. The van der Waals surface area contributed by atoms with Crippen molar-refractivity contribution in [1.82, 2.24) is 0 Å². The molecule has 0 heterocycles. The Labute approximate surface area is 207 Å². The first-order chi connectivity index (χ1) is 17.0. The van der Waals surface area contributed by atoms with E-state index in [1.165, 1.54) is 44.5 Å². The molecule has 6 rings (SSSR count). The molecule has 2 nitrogen and oxygen atoms in total. The number of fused-ring (bicyclic) bond motifs is 6. The largest absolute Gasteiger partial charge is 0.393 e. The average Bonchev–Trinajstić information content (AvgIpc) is 3.27. The van der Waals surface area contributed by atoms with Crippen molar-refractivity contribution >= 4 is 0 Å². The van der Waals surface area contributed by atoms with Gasteiger partial charge in [-0.05, 0) is 77.6 Å². The van der Waals surface area contributed by atoms with Crippen LogP contribution in [0.2, 0.25) is 0 Å². The van der Waals surface area contributed by atoms with Crippen LogP contribution in [0.15, 0.2) is 97.1 Å². The Morgan fingerprint density at radius 3 is 1.00 bits per heavy atom. The predicted octanol–water partition coefficient (Wildman–Crippen LogP) is 6.85. The lowest BCUT2D eigenvalue weighted by Gasteiger charge is -2.44. The molecular weight excluding hydrogens is 428 g/mol. The second-order valence-electron chi connectivity index (χ2n) is 10.6. The third kappa shape index (κ3) is 3.24. The smallest absolute Gasteiger partial charge is 0.0523 e. The zero-order valence-electron chi connectivity index (χ0n) is 20.4. The Bertz CT molecular complexity index is 1200. The summed E-state index contributed by atoms with van der Waals surface area (Å²) < 4.78 is 0. The van der Waals surface area contributed by atoms with Crippen molar-refractivity contribution in [2.75, 3.05) is 0 Å². The van der Waals surface area contributed by atoms with Gasteiger partial charge in [0.2, 0.25) is 0 Å². The summed E-state index contributed by atoms with van der Waals surface area (Å²) in [7, 11) is 0. The van der Waals surface area contributed by atoms with Crippen molar-refractivity contribution in [2.24, 2.45) is 0 Å². The second kappa shape index (κ2) is 8.19. The first-order valence-corrected chi connectivity index (χ1v) is 12.7. The molecule has 2 heteroatoms. The van der Waals surface area contributed by atoms with Gasteiger partial charge >= 0.3 is 0 Å². The van der Waals surface area contributed by atoms with Gasteiger partial charge in [-0.25, -0.2) is 0 Å². The molecule has 2 aliphatic rings. The Morgan fingerprint density at radius 1 is 0.486 bits per heavy atom. The lowest BCUT2D eigenvalue weighted by molar-refractivity contribution is 0.126. The van der Waals surface area contributed by atoms with Gasteiger partial charge in [-0.3, -0.25) is 0 Å². The molecule has 0 spiro atoms. The van der Waals surface area contributed by atoms with E-state index >= 15 is 0 Å². The summed E-state index contributed by atoms with van der Waals surface area (Å²) in [5, 5.41) is 21.8. The van der Waals surface area contributed by atoms with Gasteiger partial charge in [0.25, 0.3) is 0 Å². The number of benzene rings is 4. The maximum Gasteiger partial charge on any atom is 0.0523 e. The number of hydrogen-bond donors (Lipinski definition) is 2. The van der Waals surface area contributed by atoms with E-state index in [9.17, 15) is 10.2 Å². The van der Waals surface area contributed by atoms with E-state index in [0.717, 1.165) is 6.42 Å². The highest BCUT2D eigenvalue weighted by Crippen LogP contribution is 2.62. The van der Waals surface area contributed by atoms with E-state index < -0.39 is 12.2 Å². The average molecular weight is 461 g/mol. The first kappa shape index (κ1) is 22.3. The minimum atomic E-state index is -0.468. The quantitative estimate of drug-likeness (QED) is 0.330. The van der Waals surface area contributed by atoms with Gasteiger partial charge in [0.1, 0.15) is 0 Å². The normalized spacial score (nSPS) is 17.7. The molecule has 0 saturated heterocycles. The molecule has 2 unspecified atom stereocenters. The maximum atomic E-state index is 10.9. The van der Waals surface area contributed by atoms with E-state index in [1.54, 1.807) is 0 Å². The maximum absolute atomic E-state index is 10.9. The second-order valence-corrected chi connectivity index (χ2v) is 10.6. The van der Waals surface area contributed by atoms with Crippen LogP contribution in [0.1, 0.15) is 55.4 Å². The molecule has 2 atom stereocenters. The fraction of sp³-hybridized carbons (Fsp3) is 0.273. The van der Waals surface area contributed by atoms with Crippen molar-refractivity contribution < 1.29 is 10.2 Å². The number of aliphatic hydroxyl groups excluding tert-OH is 2. The summed E-state index contributed by atoms with van der Waals surface area (Å²) >= 11 is 0. The van der Waals surface area contributed by atoms with Crippen LogP contribution < -0.4 is 0 Å². The lowest BCUT2D eigenvalue weighted by atomic mass is 9.59. The summed E-state index contributed by atoms with van der Waals surface area (Å²) in [6, 6.07) is 34.8. The summed E-state index contributed by atoms with van der Waals surface area (Å²) in [6.07, 6.45) is 1.12. The summed E-state index contributed by atoms with van der Waals surface area (Å²) in [5.41, 5.74) is 9.43. The molecule has 0 amide bonds. The van der Waals surface area contributed by atoms with E-state index in [2.05, 4.69) is 97.1 Å². The molecule has 0 aliphatic heterocycles. The fourth-order valence-electron chi connectivity index (χ4n) is 7.32. The molecule has 0 saturated carbocycles. The van der Waals surface area contributed by atoms with Crippen LogP contribution >= 0.6 is 0 Å². The van der Waals surface area contributed by atoms with Gasteiger partial charge in [-0.1, -0.05) is 97.1 Å². The number of aliphatic hydroxyl groups is 2. The summed E-state index contributed by atoms with van der Waals surface area (Å²) in [5.74, 6) is 0. The van der Waals surface area contributed by atoms with Gasteiger partial charge < -0.3 is 10.2 Å². The third-order valence-electron chi connectivity index (χ3n) is 8.24. The zero-order valence-corrected chi connectivity index (χ0v) is 20.4. The predicted molar refractivity (Wildman–Crippen MR) is 143 cm³/mol. The third-order valence-corrected chi connectivity index (χ3v) is 8.24. The molecule has 0 bridgehead atoms. The molecule has 2 N–H and O–H groups in total. The van der Waals surface area contributed by atoms with Crippen LogP contribution in [0.25, 0.3) is 22.3 Å². The van der Waals surface area contributed by atoms with Crippen molar-refractivity contribution in [2.45, 2.75) is 56.1 Å². The van der Waals surface area contributed by atoms with Crippen molar-refractivity contribution in [3.05, 3.63) is 119 Å². The molecule has 2 aliphatic carbocycles. The van der Waals surface area contributed by atoms with Crippen molar-refractivity contribution in [3.63, 3.8) is 0 Å². The van der Waals surface area contributed by atoms with Gasteiger partial charge in [-0.2, -0.15) is 0 Å². The standard InChI is InChI=1S/C33H32O2/c1-22(34)19-32(28-15-7-3-11-24(28)25-12-4-8-16-29(25)32)21-33(20-23(2)35)30-17-9-5-13-26(30)27-14-6-10-18-31(27)33/h3-18,22-23,34-35H,19-21H2,1-2H3. The van der Waals surface area contributed by atoms with E-state index in [4.69, 9.17) is 0 Å². The van der Waals surface area contributed by atoms with Crippen LogP contribution in [0, 0.1) is 0 Å². The zero-order chi connectivity index (χ0) is 24.2. The molecule has 0 radical (unpaired) electrons. The molecule has 35 heavy (non-hydrogen) atoms. The molecule has 4 aromatic rings. The Hall–Kier alpha value is -3.20. The first-order valence-electron chi connectivity index (χ1n) is 12.7. The SMILES string of the molecule is CC(O)CC1(CC2(CC(C)O)c3ccccc3-c3ccccc32)c2ccccc2-c2ccccc21. The topological polar surface area (TPSA) is 40.5 Å². The highest BCUT2D eigenvalue weighted by molar-refractivity contribution is 5.84. The fourth-order valence-corrected chi connectivity index (χ4v) is 7.32. The minimum Gasteiger partial charge on any atom is -0.393 e. The van der Waals surface area contributed by atoms with Crippen LogP contribution in [-0.4, -0.2) is 22.4 Å². The van der Waals surface area contributed by atoms with Gasteiger partial charge in [-0.15, -0.1) is 0 Å². The van der Waals surface area contributed by atoms with Crippen LogP contribution in [0.4, 0.5) is 0 Å². The lowest BCUT2D eigenvalue weighted by Crippen LogP contribution is -2.41. The Morgan fingerprint density at radius 2 is 0.743 bits per heavy atom. The van der Waals surface area contributed by atoms with Gasteiger partial charge in [0, 0.05) is 10.8 Å². The monoisotopic (exact) mass is 460 g/mol. The van der Waals surface area contributed by atoms with Crippen LogP contribution in [0.5, 0.6) is 0 Å². The molecule has 176 valence electrons. The Balaban J connectivity index is 1.67. The van der Waals surface area contributed by atoms with E-state index in [-0.39, 0.29) is 10.8 Å². The summed E-state index contributed by atoms with van der Waals surface area (Å²) in [4.78, 5) is 0. The van der Waals surface area contributed by atoms with Crippen LogP contribution in [-0.2, 0) is 10.8 Å². The van der Waals surface area contributed by atoms with Gasteiger partial charge in [0.15, 0.2) is 0 Å². The summed E-state index contributed by atoms with van der Waals surface area (Å²) in [6.45, 7) is 3.81. The highest BCUT2D eigenvalue weighted by atomic mass is 16.3. The van der Waals surface area contributed by atoms with E-state index in [0.29, 0.717) is 12.8 Å².